The normalized spacial score (nSPS) is 11.9. The van der Waals surface area contributed by atoms with E-state index in [1.807, 2.05) is 50.4 Å². The van der Waals surface area contributed by atoms with E-state index in [-0.39, 0.29) is 5.91 Å². The number of anilines is 1. The van der Waals surface area contributed by atoms with Crippen molar-refractivity contribution >= 4 is 23.4 Å². The van der Waals surface area contributed by atoms with Crippen LogP contribution in [-0.4, -0.2) is 18.3 Å². The van der Waals surface area contributed by atoms with Gasteiger partial charge in [-0.3, -0.25) is 4.79 Å². The molecule has 122 valence electrons. The van der Waals surface area contributed by atoms with Crippen molar-refractivity contribution in [1.82, 2.24) is 0 Å². The number of carbonyl (C=O) groups excluding carboxylic acids is 1. The SMILES string of the molecule is CSc1ccccc1NC(=O)C(C)Oc1cc(C)cc(C)c1C. The largest absolute Gasteiger partial charge is 0.481 e. The van der Waals surface area contributed by atoms with Crippen LogP contribution in [0.1, 0.15) is 23.6 Å². The minimum atomic E-state index is -0.565. The molecular formula is C19H23NO2S. The van der Waals surface area contributed by atoms with Crippen LogP contribution >= 0.6 is 11.8 Å². The van der Waals surface area contributed by atoms with Crippen molar-refractivity contribution in [2.75, 3.05) is 11.6 Å². The lowest BCUT2D eigenvalue weighted by molar-refractivity contribution is -0.122. The molecule has 3 nitrogen and oxygen atoms in total. The zero-order chi connectivity index (χ0) is 17.0. The number of carbonyl (C=O) groups is 1. The Morgan fingerprint density at radius 3 is 2.57 bits per heavy atom. The highest BCUT2D eigenvalue weighted by atomic mass is 32.2. The number of hydrogen-bond donors (Lipinski definition) is 1. The molecule has 0 bridgehead atoms. The third kappa shape index (κ3) is 4.29. The van der Waals surface area contributed by atoms with E-state index in [9.17, 15) is 4.79 Å². The monoisotopic (exact) mass is 329 g/mol. The Balaban J connectivity index is 2.12. The highest BCUT2D eigenvalue weighted by Gasteiger charge is 2.17. The van der Waals surface area contributed by atoms with E-state index in [1.54, 1.807) is 18.7 Å². The molecule has 0 fully saturated rings. The average Bonchev–Trinajstić information content (AvgIpc) is 2.52. The molecule has 0 saturated carbocycles. The molecule has 1 unspecified atom stereocenters. The Labute approximate surface area is 142 Å². The molecule has 0 aliphatic rings. The molecule has 1 atom stereocenters. The van der Waals surface area contributed by atoms with Gasteiger partial charge in [0.1, 0.15) is 5.75 Å². The zero-order valence-electron chi connectivity index (χ0n) is 14.3. The van der Waals surface area contributed by atoms with Gasteiger partial charge < -0.3 is 10.1 Å². The summed E-state index contributed by atoms with van der Waals surface area (Å²) in [6.45, 7) is 7.86. The number of hydrogen-bond acceptors (Lipinski definition) is 3. The number of nitrogens with one attached hydrogen (secondary N) is 1. The molecule has 0 saturated heterocycles. The molecule has 0 heterocycles. The van der Waals surface area contributed by atoms with Crippen molar-refractivity contribution in [2.45, 2.75) is 38.7 Å². The second kappa shape index (κ2) is 7.55. The molecule has 0 spiro atoms. The molecular weight excluding hydrogens is 306 g/mol. The minimum absolute atomic E-state index is 0.148. The Morgan fingerprint density at radius 2 is 1.87 bits per heavy atom. The van der Waals surface area contributed by atoms with Gasteiger partial charge in [0.2, 0.25) is 0 Å². The van der Waals surface area contributed by atoms with Gasteiger partial charge in [0.15, 0.2) is 6.10 Å². The van der Waals surface area contributed by atoms with Crippen LogP contribution in [0.25, 0.3) is 0 Å². The molecule has 0 aliphatic carbocycles. The van der Waals surface area contributed by atoms with Gasteiger partial charge in [0, 0.05) is 4.90 Å². The van der Waals surface area contributed by atoms with E-state index in [4.69, 9.17) is 4.74 Å². The fourth-order valence-corrected chi connectivity index (χ4v) is 2.90. The Kier molecular flexibility index (Phi) is 5.72. The Hall–Kier alpha value is -1.94. The van der Waals surface area contributed by atoms with Gasteiger partial charge in [-0.15, -0.1) is 11.8 Å². The van der Waals surface area contributed by atoms with Gasteiger partial charge >= 0.3 is 0 Å². The van der Waals surface area contributed by atoms with Crippen LogP contribution < -0.4 is 10.1 Å². The van der Waals surface area contributed by atoms with Crippen molar-refractivity contribution in [3.8, 4) is 5.75 Å². The molecule has 4 heteroatoms. The van der Waals surface area contributed by atoms with Crippen molar-refractivity contribution in [1.29, 1.82) is 0 Å². The van der Waals surface area contributed by atoms with Gasteiger partial charge in [-0.2, -0.15) is 0 Å². The fourth-order valence-electron chi connectivity index (χ4n) is 2.35. The van der Waals surface area contributed by atoms with Crippen molar-refractivity contribution in [3.05, 3.63) is 53.1 Å². The first-order chi connectivity index (χ1) is 10.9. The smallest absolute Gasteiger partial charge is 0.265 e. The highest BCUT2D eigenvalue weighted by Crippen LogP contribution is 2.26. The third-order valence-electron chi connectivity index (χ3n) is 3.80. The molecule has 1 amide bonds. The summed E-state index contributed by atoms with van der Waals surface area (Å²) in [6, 6.07) is 11.8. The fraction of sp³-hybridized carbons (Fsp3) is 0.316. The van der Waals surface area contributed by atoms with Crippen LogP contribution in [0.3, 0.4) is 0 Å². The number of rotatable bonds is 5. The standard InChI is InChI=1S/C19H23NO2S/c1-12-10-13(2)14(3)17(11-12)22-15(4)19(21)20-16-8-6-7-9-18(16)23-5/h6-11,15H,1-5H3,(H,20,21). The Bertz CT molecular complexity index is 713. The minimum Gasteiger partial charge on any atom is -0.481 e. The van der Waals surface area contributed by atoms with E-state index in [0.29, 0.717) is 0 Å². The highest BCUT2D eigenvalue weighted by molar-refractivity contribution is 7.98. The molecule has 2 aromatic rings. The number of amides is 1. The summed E-state index contributed by atoms with van der Waals surface area (Å²) in [5, 5.41) is 2.95. The first kappa shape index (κ1) is 17.4. The maximum Gasteiger partial charge on any atom is 0.265 e. The predicted molar refractivity (Wildman–Crippen MR) is 97.6 cm³/mol. The van der Waals surface area contributed by atoms with Crippen LogP contribution in [-0.2, 0) is 4.79 Å². The van der Waals surface area contributed by atoms with Crippen LogP contribution in [0.4, 0.5) is 5.69 Å². The summed E-state index contributed by atoms with van der Waals surface area (Å²) in [5.74, 6) is 0.619. The zero-order valence-corrected chi connectivity index (χ0v) is 15.1. The quantitative estimate of drug-likeness (QED) is 0.805. The van der Waals surface area contributed by atoms with Crippen LogP contribution in [0, 0.1) is 20.8 Å². The predicted octanol–water partition coefficient (Wildman–Crippen LogP) is 4.74. The molecule has 0 radical (unpaired) electrons. The molecule has 2 aromatic carbocycles. The number of thioether (sulfide) groups is 1. The van der Waals surface area contributed by atoms with Crippen LogP contribution in [0.15, 0.2) is 41.3 Å². The van der Waals surface area contributed by atoms with E-state index in [0.717, 1.165) is 27.5 Å². The summed E-state index contributed by atoms with van der Waals surface area (Å²) in [4.78, 5) is 13.5. The van der Waals surface area contributed by atoms with Crippen molar-refractivity contribution in [2.24, 2.45) is 0 Å². The third-order valence-corrected chi connectivity index (χ3v) is 4.60. The summed E-state index contributed by atoms with van der Waals surface area (Å²) in [5.41, 5.74) is 4.18. The van der Waals surface area contributed by atoms with Gasteiger partial charge in [0.25, 0.3) is 5.91 Å². The molecule has 0 aliphatic heterocycles. The van der Waals surface area contributed by atoms with E-state index in [1.165, 1.54) is 5.56 Å². The lowest BCUT2D eigenvalue weighted by Gasteiger charge is -2.18. The number of para-hydroxylation sites is 1. The van der Waals surface area contributed by atoms with Crippen LogP contribution in [0.5, 0.6) is 5.75 Å². The summed E-state index contributed by atoms with van der Waals surface area (Å²) in [7, 11) is 0. The Morgan fingerprint density at radius 1 is 1.17 bits per heavy atom. The number of aryl methyl sites for hydroxylation is 2. The van der Waals surface area contributed by atoms with E-state index < -0.39 is 6.10 Å². The molecule has 1 N–H and O–H groups in total. The maximum absolute atomic E-state index is 12.4. The molecule has 23 heavy (non-hydrogen) atoms. The van der Waals surface area contributed by atoms with Gasteiger partial charge in [-0.1, -0.05) is 18.2 Å². The molecule has 2 rings (SSSR count). The van der Waals surface area contributed by atoms with Crippen LogP contribution in [0.2, 0.25) is 0 Å². The summed E-state index contributed by atoms with van der Waals surface area (Å²) >= 11 is 1.60. The van der Waals surface area contributed by atoms with Gasteiger partial charge in [-0.05, 0) is 68.8 Å². The maximum atomic E-state index is 12.4. The van der Waals surface area contributed by atoms with Crippen molar-refractivity contribution in [3.63, 3.8) is 0 Å². The average molecular weight is 329 g/mol. The van der Waals surface area contributed by atoms with Gasteiger partial charge in [-0.25, -0.2) is 0 Å². The summed E-state index contributed by atoms with van der Waals surface area (Å²) < 4.78 is 5.90. The van der Waals surface area contributed by atoms with E-state index >= 15 is 0 Å². The lowest BCUT2D eigenvalue weighted by Crippen LogP contribution is -2.30. The molecule has 0 aromatic heterocycles. The lowest BCUT2D eigenvalue weighted by atomic mass is 10.1. The summed E-state index contributed by atoms with van der Waals surface area (Å²) in [6.07, 6.45) is 1.42. The number of ether oxygens (including phenoxy) is 1. The van der Waals surface area contributed by atoms with Gasteiger partial charge in [0.05, 0.1) is 5.69 Å². The first-order valence-corrected chi connectivity index (χ1v) is 8.83. The number of benzene rings is 2. The second-order valence-corrected chi connectivity index (χ2v) is 6.50. The first-order valence-electron chi connectivity index (χ1n) is 7.60. The topological polar surface area (TPSA) is 38.3 Å². The second-order valence-electron chi connectivity index (χ2n) is 5.65. The van der Waals surface area contributed by atoms with Crippen molar-refractivity contribution < 1.29 is 9.53 Å². The van der Waals surface area contributed by atoms with E-state index in [2.05, 4.69) is 18.3 Å².